The lowest BCUT2D eigenvalue weighted by Crippen LogP contribution is -2.09. The van der Waals surface area contributed by atoms with E-state index in [1.165, 1.54) is 27.4 Å². The molecule has 0 spiro atoms. The van der Waals surface area contributed by atoms with Gasteiger partial charge in [-0.3, -0.25) is 4.79 Å². The second kappa shape index (κ2) is 5.34. The first kappa shape index (κ1) is 13.0. The number of esters is 1. The lowest BCUT2D eigenvalue weighted by molar-refractivity contribution is 0.0597. The fourth-order valence-electron chi connectivity index (χ4n) is 1.62. The summed E-state index contributed by atoms with van der Waals surface area (Å²) in [5, 5.41) is 0. The van der Waals surface area contributed by atoms with Crippen LogP contribution in [0.15, 0.2) is 6.07 Å². The van der Waals surface area contributed by atoms with Gasteiger partial charge in [0.2, 0.25) is 0 Å². The molecule has 0 N–H and O–H groups in total. The highest BCUT2D eigenvalue weighted by atomic mass is 16.5. The summed E-state index contributed by atoms with van der Waals surface area (Å²) in [5.74, 6) is 0.177. The van der Waals surface area contributed by atoms with Gasteiger partial charge in [-0.1, -0.05) is 0 Å². The van der Waals surface area contributed by atoms with Crippen LogP contribution in [0, 0.1) is 6.92 Å². The van der Waals surface area contributed by atoms with Gasteiger partial charge >= 0.3 is 5.97 Å². The molecule has 0 aliphatic heterocycles. The Morgan fingerprint density at radius 3 is 2.29 bits per heavy atom. The molecule has 5 heteroatoms. The van der Waals surface area contributed by atoms with E-state index in [-0.39, 0.29) is 11.1 Å². The summed E-state index contributed by atoms with van der Waals surface area (Å²) < 4.78 is 14.9. The third kappa shape index (κ3) is 2.22. The van der Waals surface area contributed by atoms with Crippen LogP contribution < -0.4 is 9.47 Å². The molecule has 0 unspecified atom stereocenters. The maximum Gasteiger partial charge on any atom is 0.338 e. The zero-order valence-electron chi connectivity index (χ0n) is 10.2. The highest BCUT2D eigenvalue weighted by Gasteiger charge is 2.21. The number of carbonyl (C=O) groups excluding carboxylic acids is 2. The molecule has 0 fully saturated rings. The van der Waals surface area contributed by atoms with Crippen molar-refractivity contribution in [3.63, 3.8) is 0 Å². The van der Waals surface area contributed by atoms with Crippen molar-refractivity contribution in [2.24, 2.45) is 0 Å². The smallest absolute Gasteiger partial charge is 0.338 e. The Morgan fingerprint density at radius 1 is 1.24 bits per heavy atom. The molecule has 0 radical (unpaired) electrons. The number of hydrogen-bond acceptors (Lipinski definition) is 5. The second-order valence-corrected chi connectivity index (χ2v) is 3.31. The van der Waals surface area contributed by atoms with E-state index in [1.807, 2.05) is 0 Å². The van der Waals surface area contributed by atoms with Gasteiger partial charge < -0.3 is 14.2 Å². The van der Waals surface area contributed by atoms with E-state index >= 15 is 0 Å². The highest BCUT2D eigenvalue weighted by Crippen LogP contribution is 2.33. The van der Waals surface area contributed by atoms with Crippen molar-refractivity contribution in [3.05, 3.63) is 22.8 Å². The Morgan fingerprint density at radius 2 is 1.88 bits per heavy atom. The number of hydrogen-bond donors (Lipinski definition) is 0. The third-order valence-corrected chi connectivity index (χ3v) is 2.47. The van der Waals surface area contributed by atoms with Crippen LogP contribution in [0.5, 0.6) is 11.5 Å². The number of benzene rings is 1. The highest BCUT2D eigenvalue weighted by molar-refractivity contribution is 6.01. The zero-order chi connectivity index (χ0) is 13.0. The molecule has 1 aromatic carbocycles. The van der Waals surface area contributed by atoms with Crippen LogP contribution in [-0.4, -0.2) is 33.6 Å². The van der Waals surface area contributed by atoms with Gasteiger partial charge in [-0.2, -0.15) is 0 Å². The maximum absolute atomic E-state index is 11.5. The Labute approximate surface area is 99.3 Å². The molecule has 92 valence electrons. The van der Waals surface area contributed by atoms with E-state index in [1.54, 1.807) is 6.92 Å². The normalized spacial score (nSPS) is 9.65. The first-order chi connectivity index (χ1) is 8.10. The van der Waals surface area contributed by atoms with Crippen LogP contribution >= 0.6 is 0 Å². The Bertz CT molecular complexity index is 451. The van der Waals surface area contributed by atoms with Crippen molar-refractivity contribution >= 4 is 12.3 Å². The Hall–Kier alpha value is -2.04. The molecule has 0 aromatic heterocycles. The Balaban J connectivity index is 3.58. The predicted octanol–water partition coefficient (Wildman–Crippen LogP) is 1.61. The molecule has 0 aliphatic carbocycles. The van der Waals surface area contributed by atoms with Gasteiger partial charge in [0.05, 0.1) is 32.5 Å². The number of carbonyl (C=O) groups is 2. The summed E-state index contributed by atoms with van der Waals surface area (Å²) >= 11 is 0. The molecule has 0 heterocycles. The number of ether oxygens (including phenoxy) is 3. The molecule has 0 bridgehead atoms. The lowest BCUT2D eigenvalue weighted by Gasteiger charge is -2.14. The molecule has 0 aliphatic rings. The van der Waals surface area contributed by atoms with Gasteiger partial charge in [0, 0.05) is 5.56 Å². The molecule has 0 amide bonds. The van der Waals surface area contributed by atoms with Gasteiger partial charge in [0.25, 0.3) is 0 Å². The monoisotopic (exact) mass is 238 g/mol. The number of aldehydes is 1. The summed E-state index contributed by atoms with van der Waals surface area (Å²) in [6.07, 6.45) is 0.567. The number of rotatable bonds is 4. The average molecular weight is 238 g/mol. The average Bonchev–Trinajstić information content (AvgIpc) is 2.36. The van der Waals surface area contributed by atoms with Gasteiger partial charge in [0.15, 0.2) is 6.29 Å². The maximum atomic E-state index is 11.5. The molecule has 0 saturated carbocycles. The minimum Gasteiger partial charge on any atom is -0.496 e. The van der Waals surface area contributed by atoms with Crippen molar-refractivity contribution in [2.45, 2.75) is 6.92 Å². The van der Waals surface area contributed by atoms with E-state index in [2.05, 4.69) is 4.74 Å². The largest absolute Gasteiger partial charge is 0.496 e. The minimum absolute atomic E-state index is 0.127. The summed E-state index contributed by atoms with van der Waals surface area (Å²) in [6, 6.07) is 1.47. The van der Waals surface area contributed by atoms with Crippen LogP contribution in [0.4, 0.5) is 0 Å². The Kier molecular flexibility index (Phi) is 4.09. The molecular formula is C12H14O5. The first-order valence-electron chi connectivity index (χ1n) is 4.89. The van der Waals surface area contributed by atoms with Crippen LogP contribution in [0.1, 0.15) is 26.3 Å². The van der Waals surface area contributed by atoms with Gasteiger partial charge in [-0.05, 0) is 13.0 Å². The fourth-order valence-corrected chi connectivity index (χ4v) is 1.62. The molecule has 0 atom stereocenters. The summed E-state index contributed by atoms with van der Waals surface area (Å²) in [4.78, 5) is 22.6. The lowest BCUT2D eigenvalue weighted by atomic mass is 10.0. The van der Waals surface area contributed by atoms with E-state index in [0.717, 1.165) is 0 Å². The SMILES string of the molecule is COC(=O)c1cc(OC)c(C)c(OC)c1C=O. The summed E-state index contributed by atoms with van der Waals surface area (Å²) in [7, 11) is 4.15. The van der Waals surface area contributed by atoms with Crippen molar-refractivity contribution in [2.75, 3.05) is 21.3 Å². The van der Waals surface area contributed by atoms with Crippen molar-refractivity contribution in [1.82, 2.24) is 0 Å². The van der Waals surface area contributed by atoms with Gasteiger partial charge in [-0.15, -0.1) is 0 Å². The van der Waals surface area contributed by atoms with Gasteiger partial charge in [0.1, 0.15) is 11.5 Å². The van der Waals surface area contributed by atoms with Crippen LogP contribution in [0.3, 0.4) is 0 Å². The van der Waals surface area contributed by atoms with Crippen molar-refractivity contribution in [3.8, 4) is 11.5 Å². The summed E-state index contributed by atoms with van der Waals surface area (Å²) in [5.41, 5.74) is 0.948. The molecule has 17 heavy (non-hydrogen) atoms. The van der Waals surface area contributed by atoms with Crippen molar-refractivity contribution in [1.29, 1.82) is 0 Å². The third-order valence-electron chi connectivity index (χ3n) is 2.47. The fraction of sp³-hybridized carbons (Fsp3) is 0.333. The molecule has 5 nitrogen and oxygen atoms in total. The second-order valence-electron chi connectivity index (χ2n) is 3.31. The summed E-state index contributed by atoms with van der Waals surface area (Å²) in [6.45, 7) is 1.74. The van der Waals surface area contributed by atoms with E-state index in [9.17, 15) is 9.59 Å². The minimum atomic E-state index is -0.608. The molecule has 1 aromatic rings. The molecule has 1 rings (SSSR count). The predicted molar refractivity (Wildman–Crippen MR) is 61.0 cm³/mol. The zero-order valence-corrected chi connectivity index (χ0v) is 10.2. The standard InChI is InChI=1S/C12H14O5/c1-7-10(15-2)5-8(12(14)17-4)9(6-13)11(7)16-3/h5-6H,1-4H3. The quantitative estimate of drug-likeness (QED) is 0.589. The molecule has 0 saturated heterocycles. The van der Waals surface area contributed by atoms with Crippen LogP contribution in [-0.2, 0) is 4.74 Å². The van der Waals surface area contributed by atoms with Crippen LogP contribution in [0.25, 0.3) is 0 Å². The van der Waals surface area contributed by atoms with E-state index in [0.29, 0.717) is 23.3 Å². The number of methoxy groups -OCH3 is 3. The first-order valence-corrected chi connectivity index (χ1v) is 4.89. The molecular weight excluding hydrogens is 224 g/mol. The van der Waals surface area contributed by atoms with Gasteiger partial charge in [-0.25, -0.2) is 4.79 Å². The van der Waals surface area contributed by atoms with E-state index < -0.39 is 5.97 Å². The van der Waals surface area contributed by atoms with Crippen molar-refractivity contribution < 1.29 is 23.8 Å². The van der Waals surface area contributed by atoms with Crippen LogP contribution in [0.2, 0.25) is 0 Å². The van der Waals surface area contributed by atoms with E-state index in [4.69, 9.17) is 9.47 Å². The topological polar surface area (TPSA) is 61.8 Å².